The highest BCUT2D eigenvalue weighted by atomic mass is 79.9. The zero-order valence-corrected chi connectivity index (χ0v) is 13.8. The van der Waals surface area contributed by atoms with E-state index >= 15 is 0 Å². The maximum absolute atomic E-state index is 13.0. The Hall–Kier alpha value is -1.53. The fourth-order valence-electron chi connectivity index (χ4n) is 2.53. The van der Waals surface area contributed by atoms with Crippen LogP contribution in [0.15, 0.2) is 51.8 Å². The molecule has 0 radical (unpaired) electrons. The molecule has 1 aliphatic heterocycles. The number of nitrogens with zero attached hydrogens (tertiary/aromatic N) is 1. The first-order valence-corrected chi connectivity index (χ1v) is 8.71. The Kier molecular flexibility index (Phi) is 3.67. The molecule has 2 aromatic carbocycles. The van der Waals surface area contributed by atoms with Gasteiger partial charge >= 0.3 is 0 Å². The van der Waals surface area contributed by atoms with Crippen LogP contribution in [0.1, 0.15) is 5.56 Å². The fourth-order valence-corrected chi connectivity index (χ4v) is 4.73. The Morgan fingerprint density at radius 3 is 2.71 bits per heavy atom. The molecule has 0 aliphatic carbocycles. The van der Waals surface area contributed by atoms with Gasteiger partial charge in [-0.1, -0.05) is 34.1 Å². The number of hydrogen-bond donors (Lipinski definition) is 0. The van der Waals surface area contributed by atoms with Crippen molar-refractivity contribution in [1.29, 1.82) is 0 Å². The molecular weight excluding hydrogens is 354 g/mol. The summed E-state index contributed by atoms with van der Waals surface area (Å²) in [6.07, 6.45) is 0.728. The maximum Gasteiger partial charge on any atom is 0.268 e. The number of anilines is 1. The number of halogens is 1. The lowest BCUT2D eigenvalue weighted by molar-refractivity contribution is 0.402. The molecule has 0 aromatic heterocycles. The van der Waals surface area contributed by atoms with Gasteiger partial charge in [0.2, 0.25) is 0 Å². The molecule has 2 aromatic rings. The van der Waals surface area contributed by atoms with E-state index < -0.39 is 10.0 Å². The summed E-state index contributed by atoms with van der Waals surface area (Å²) >= 11 is 3.32. The van der Waals surface area contributed by atoms with Crippen molar-refractivity contribution in [2.75, 3.05) is 18.0 Å². The van der Waals surface area contributed by atoms with E-state index in [1.54, 1.807) is 18.2 Å². The van der Waals surface area contributed by atoms with Crippen molar-refractivity contribution in [3.63, 3.8) is 0 Å². The van der Waals surface area contributed by atoms with Gasteiger partial charge in [0, 0.05) is 11.0 Å². The lowest BCUT2D eigenvalue weighted by atomic mass is 10.2. The van der Waals surface area contributed by atoms with Crippen molar-refractivity contribution in [3.05, 3.63) is 52.5 Å². The standard InChI is InChI=1S/C15H14BrNO3S/c1-20-14-7-6-12(16)10-15(14)21(18,19)17-9-8-11-4-2-3-5-13(11)17/h2-7,10H,8-9H2,1H3. The average Bonchev–Trinajstić information content (AvgIpc) is 2.92. The van der Waals surface area contributed by atoms with Crippen LogP contribution in [0.4, 0.5) is 5.69 Å². The van der Waals surface area contributed by atoms with Gasteiger partial charge in [-0.15, -0.1) is 0 Å². The van der Waals surface area contributed by atoms with Crippen LogP contribution in [0.5, 0.6) is 5.75 Å². The molecule has 0 unspecified atom stereocenters. The summed E-state index contributed by atoms with van der Waals surface area (Å²) in [5.41, 5.74) is 1.80. The minimum absolute atomic E-state index is 0.177. The van der Waals surface area contributed by atoms with Gasteiger partial charge in [-0.05, 0) is 36.2 Å². The second-order valence-electron chi connectivity index (χ2n) is 4.75. The highest BCUT2D eigenvalue weighted by Crippen LogP contribution is 2.36. The predicted octanol–water partition coefficient (Wildman–Crippen LogP) is 3.21. The van der Waals surface area contributed by atoms with Gasteiger partial charge < -0.3 is 4.74 Å². The topological polar surface area (TPSA) is 46.6 Å². The predicted molar refractivity (Wildman–Crippen MR) is 85.4 cm³/mol. The molecule has 0 atom stereocenters. The van der Waals surface area contributed by atoms with Gasteiger partial charge in [0.25, 0.3) is 10.0 Å². The summed E-state index contributed by atoms with van der Waals surface area (Å²) in [6, 6.07) is 12.6. The summed E-state index contributed by atoms with van der Waals surface area (Å²) in [5.74, 6) is 0.350. The number of para-hydroxylation sites is 1. The van der Waals surface area contributed by atoms with Crippen LogP contribution >= 0.6 is 15.9 Å². The van der Waals surface area contributed by atoms with Crippen molar-refractivity contribution in [2.24, 2.45) is 0 Å². The molecular formula is C15H14BrNO3S. The van der Waals surface area contributed by atoms with Crippen LogP contribution in [0.25, 0.3) is 0 Å². The Bertz CT molecular complexity index is 789. The number of rotatable bonds is 3. The molecule has 1 heterocycles. The highest BCUT2D eigenvalue weighted by Gasteiger charge is 2.32. The third kappa shape index (κ3) is 2.42. The van der Waals surface area contributed by atoms with Crippen LogP contribution in [0.3, 0.4) is 0 Å². The van der Waals surface area contributed by atoms with Crippen LogP contribution in [0.2, 0.25) is 0 Å². The Labute approximate surface area is 132 Å². The number of methoxy groups -OCH3 is 1. The summed E-state index contributed by atoms with van der Waals surface area (Å²) in [6.45, 7) is 0.456. The van der Waals surface area contributed by atoms with Crippen molar-refractivity contribution in [3.8, 4) is 5.75 Å². The number of fused-ring (bicyclic) bond motifs is 1. The van der Waals surface area contributed by atoms with Crippen molar-refractivity contribution in [2.45, 2.75) is 11.3 Å². The monoisotopic (exact) mass is 367 g/mol. The third-order valence-corrected chi connectivity index (χ3v) is 5.87. The zero-order chi connectivity index (χ0) is 15.0. The van der Waals surface area contributed by atoms with E-state index in [-0.39, 0.29) is 4.90 Å². The highest BCUT2D eigenvalue weighted by molar-refractivity contribution is 9.10. The van der Waals surface area contributed by atoms with Gasteiger partial charge in [-0.3, -0.25) is 4.31 Å². The average molecular weight is 368 g/mol. The number of hydrogen-bond acceptors (Lipinski definition) is 3. The summed E-state index contributed by atoms with van der Waals surface area (Å²) < 4.78 is 33.3. The molecule has 0 bridgehead atoms. The van der Waals surface area contributed by atoms with E-state index in [9.17, 15) is 8.42 Å². The minimum atomic E-state index is -3.64. The molecule has 110 valence electrons. The van der Waals surface area contributed by atoms with E-state index in [2.05, 4.69) is 15.9 Å². The third-order valence-electron chi connectivity index (χ3n) is 3.54. The summed E-state index contributed by atoms with van der Waals surface area (Å²) in [4.78, 5) is 0.177. The Morgan fingerprint density at radius 2 is 1.95 bits per heavy atom. The van der Waals surface area contributed by atoms with E-state index in [0.29, 0.717) is 16.8 Å². The second kappa shape index (κ2) is 5.35. The first kappa shape index (κ1) is 14.4. The molecule has 1 aliphatic rings. The fraction of sp³-hybridized carbons (Fsp3) is 0.200. The lowest BCUT2D eigenvalue weighted by Gasteiger charge is -2.21. The maximum atomic E-state index is 13.0. The van der Waals surface area contributed by atoms with Crippen LogP contribution < -0.4 is 9.04 Å². The molecule has 3 rings (SSSR count). The first-order valence-electron chi connectivity index (χ1n) is 6.48. The second-order valence-corrected chi connectivity index (χ2v) is 7.50. The molecule has 21 heavy (non-hydrogen) atoms. The van der Waals surface area contributed by atoms with Crippen LogP contribution in [-0.4, -0.2) is 22.1 Å². The number of benzene rings is 2. The molecule has 6 heteroatoms. The molecule has 0 spiro atoms. The molecule has 0 saturated heterocycles. The van der Waals surface area contributed by atoms with Gasteiger partial charge in [0.05, 0.1) is 12.8 Å². The minimum Gasteiger partial charge on any atom is -0.495 e. The molecule has 0 amide bonds. The molecule has 0 saturated carbocycles. The van der Waals surface area contributed by atoms with Gasteiger partial charge in [-0.25, -0.2) is 8.42 Å². The summed E-state index contributed by atoms with van der Waals surface area (Å²) in [7, 11) is -2.17. The zero-order valence-electron chi connectivity index (χ0n) is 11.4. The number of sulfonamides is 1. The summed E-state index contributed by atoms with van der Waals surface area (Å²) in [5, 5.41) is 0. The van der Waals surface area contributed by atoms with Crippen molar-refractivity contribution >= 4 is 31.6 Å². The van der Waals surface area contributed by atoms with E-state index in [0.717, 1.165) is 17.7 Å². The Balaban J connectivity index is 2.13. The van der Waals surface area contributed by atoms with E-state index in [1.165, 1.54) is 11.4 Å². The lowest BCUT2D eigenvalue weighted by Crippen LogP contribution is -2.29. The van der Waals surface area contributed by atoms with Crippen LogP contribution in [-0.2, 0) is 16.4 Å². The molecule has 4 nitrogen and oxygen atoms in total. The molecule has 0 N–H and O–H groups in total. The Morgan fingerprint density at radius 1 is 1.19 bits per heavy atom. The normalized spacial score (nSPS) is 14.1. The quantitative estimate of drug-likeness (QED) is 0.836. The van der Waals surface area contributed by atoms with E-state index in [1.807, 2.05) is 24.3 Å². The van der Waals surface area contributed by atoms with Crippen molar-refractivity contribution in [1.82, 2.24) is 0 Å². The van der Waals surface area contributed by atoms with Gasteiger partial charge in [-0.2, -0.15) is 0 Å². The van der Waals surface area contributed by atoms with E-state index in [4.69, 9.17) is 4.74 Å². The molecule has 0 fully saturated rings. The smallest absolute Gasteiger partial charge is 0.268 e. The van der Waals surface area contributed by atoms with Gasteiger partial charge in [0.15, 0.2) is 0 Å². The first-order chi connectivity index (χ1) is 10.0. The largest absolute Gasteiger partial charge is 0.495 e. The van der Waals surface area contributed by atoms with Crippen molar-refractivity contribution < 1.29 is 13.2 Å². The van der Waals surface area contributed by atoms with Gasteiger partial charge in [0.1, 0.15) is 10.6 Å². The number of ether oxygens (including phenoxy) is 1. The SMILES string of the molecule is COc1ccc(Br)cc1S(=O)(=O)N1CCc2ccccc21. The van der Waals surface area contributed by atoms with Crippen LogP contribution in [0, 0.1) is 0 Å².